The lowest BCUT2D eigenvalue weighted by Gasteiger charge is -2.32. The molecule has 6 heteroatoms. The van der Waals surface area contributed by atoms with E-state index in [1.807, 2.05) is 6.92 Å². The van der Waals surface area contributed by atoms with Crippen LogP contribution in [0.4, 0.5) is 9.18 Å². The summed E-state index contributed by atoms with van der Waals surface area (Å²) in [4.78, 5) is 11.8. The Morgan fingerprint density at radius 1 is 1.39 bits per heavy atom. The van der Waals surface area contributed by atoms with Crippen LogP contribution in [0, 0.1) is 11.2 Å². The summed E-state index contributed by atoms with van der Waals surface area (Å²) in [6.07, 6.45) is 0.203. The van der Waals surface area contributed by atoms with Crippen molar-refractivity contribution in [2.75, 3.05) is 13.2 Å². The quantitative estimate of drug-likeness (QED) is 0.821. The number of benzene rings is 1. The maximum absolute atomic E-state index is 14.0. The molecule has 0 radical (unpaired) electrons. The third kappa shape index (κ3) is 5.99. The minimum Gasteiger partial charge on any atom is -0.444 e. The highest BCUT2D eigenvalue weighted by molar-refractivity contribution is 6.31. The van der Waals surface area contributed by atoms with Crippen LogP contribution in [0.2, 0.25) is 5.02 Å². The zero-order chi connectivity index (χ0) is 17.7. The number of aliphatic hydroxyl groups excluding tert-OH is 1. The van der Waals surface area contributed by atoms with E-state index in [-0.39, 0.29) is 19.6 Å². The van der Waals surface area contributed by atoms with Crippen molar-refractivity contribution in [3.8, 4) is 0 Å². The van der Waals surface area contributed by atoms with Crippen molar-refractivity contribution in [3.05, 3.63) is 34.6 Å². The van der Waals surface area contributed by atoms with Crippen LogP contribution >= 0.6 is 11.6 Å². The van der Waals surface area contributed by atoms with Crippen LogP contribution in [0.1, 0.15) is 39.7 Å². The predicted octanol–water partition coefficient (Wildman–Crippen LogP) is 3.94. The molecule has 1 atom stereocenters. The van der Waals surface area contributed by atoms with Gasteiger partial charge in [-0.2, -0.15) is 0 Å². The SMILES string of the molecule is CCC(CO)(CNC(=O)OC(C)(C)C)Cc1c(F)cccc1Cl. The van der Waals surface area contributed by atoms with Gasteiger partial charge in [-0.3, -0.25) is 0 Å². The average molecular weight is 346 g/mol. The Balaban J connectivity index is 2.85. The molecular formula is C17H25ClFNO3. The minimum atomic E-state index is -0.706. The molecule has 0 aromatic heterocycles. The molecule has 0 bridgehead atoms. The molecule has 130 valence electrons. The van der Waals surface area contributed by atoms with E-state index in [9.17, 15) is 14.3 Å². The van der Waals surface area contributed by atoms with Gasteiger partial charge in [0.15, 0.2) is 0 Å². The molecule has 0 saturated carbocycles. The highest BCUT2D eigenvalue weighted by Crippen LogP contribution is 2.31. The van der Waals surface area contributed by atoms with Crippen LogP contribution in [0.15, 0.2) is 18.2 Å². The standard InChI is InChI=1S/C17H25ClFNO3/c1-5-17(11-21,10-20-15(22)23-16(2,3)4)9-12-13(18)7-6-8-14(12)19/h6-8,21H,5,9-11H2,1-4H3,(H,20,22). The molecule has 0 aliphatic heterocycles. The van der Waals surface area contributed by atoms with E-state index in [4.69, 9.17) is 16.3 Å². The van der Waals surface area contributed by atoms with Gasteiger partial charge in [-0.05, 0) is 45.7 Å². The Hall–Kier alpha value is -1.33. The van der Waals surface area contributed by atoms with E-state index < -0.39 is 22.9 Å². The molecule has 4 nitrogen and oxygen atoms in total. The summed E-state index contributed by atoms with van der Waals surface area (Å²) in [6, 6.07) is 4.48. The van der Waals surface area contributed by atoms with Gasteiger partial charge in [0.05, 0.1) is 6.61 Å². The molecule has 0 heterocycles. The summed E-state index contributed by atoms with van der Waals surface area (Å²) in [6.45, 7) is 7.14. The maximum atomic E-state index is 14.0. The van der Waals surface area contributed by atoms with E-state index in [1.54, 1.807) is 26.8 Å². The number of ether oxygens (including phenoxy) is 1. The molecule has 0 aliphatic carbocycles. The van der Waals surface area contributed by atoms with Gasteiger partial charge in [0.25, 0.3) is 0 Å². The van der Waals surface area contributed by atoms with Crippen LogP contribution < -0.4 is 5.32 Å². The first-order valence-corrected chi connectivity index (χ1v) is 8.01. The molecule has 1 unspecified atom stereocenters. The second kappa shape index (κ2) is 7.97. The van der Waals surface area contributed by atoms with Gasteiger partial charge < -0.3 is 15.2 Å². The number of carbonyl (C=O) groups is 1. The summed E-state index contributed by atoms with van der Waals surface area (Å²) >= 11 is 6.07. The topological polar surface area (TPSA) is 58.6 Å². The van der Waals surface area contributed by atoms with Crippen molar-refractivity contribution >= 4 is 17.7 Å². The fraction of sp³-hybridized carbons (Fsp3) is 0.588. The Kier molecular flexibility index (Phi) is 6.84. The van der Waals surface area contributed by atoms with Crippen LogP contribution in [-0.2, 0) is 11.2 Å². The Morgan fingerprint density at radius 2 is 2.04 bits per heavy atom. The molecular weight excluding hydrogens is 321 g/mol. The van der Waals surface area contributed by atoms with E-state index in [0.717, 1.165) is 0 Å². The summed E-state index contributed by atoms with van der Waals surface area (Å²) in [5.74, 6) is -0.416. The molecule has 0 fully saturated rings. The van der Waals surface area contributed by atoms with Gasteiger partial charge >= 0.3 is 6.09 Å². The number of aliphatic hydroxyl groups is 1. The number of carbonyl (C=O) groups excluding carboxylic acids is 1. The van der Waals surface area contributed by atoms with E-state index >= 15 is 0 Å². The van der Waals surface area contributed by atoms with Gasteiger partial charge in [0, 0.05) is 22.5 Å². The summed E-state index contributed by atoms with van der Waals surface area (Å²) < 4.78 is 19.2. The first kappa shape index (κ1) is 19.7. The van der Waals surface area contributed by atoms with Crippen LogP contribution in [0.25, 0.3) is 0 Å². The molecule has 0 aliphatic rings. The molecule has 2 N–H and O–H groups in total. The first-order valence-electron chi connectivity index (χ1n) is 7.63. The fourth-order valence-electron chi connectivity index (χ4n) is 2.19. The van der Waals surface area contributed by atoms with E-state index in [2.05, 4.69) is 5.32 Å². The molecule has 1 amide bonds. The Bertz CT molecular complexity index is 519. The van der Waals surface area contributed by atoms with Crippen molar-refractivity contribution in [1.82, 2.24) is 5.32 Å². The van der Waals surface area contributed by atoms with Crippen molar-refractivity contribution < 1.29 is 19.0 Å². The smallest absolute Gasteiger partial charge is 0.407 e. The number of amides is 1. The van der Waals surface area contributed by atoms with Crippen molar-refractivity contribution in [1.29, 1.82) is 0 Å². The summed E-state index contributed by atoms with van der Waals surface area (Å²) in [5, 5.41) is 12.8. The molecule has 1 aromatic rings. The predicted molar refractivity (Wildman–Crippen MR) is 89.2 cm³/mol. The lowest BCUT2D eigenvalue weighted by molar-refractivity contribution is 0.0460. The normalized spacial score (nSPS) is 14.2. The highest BCUT2D eigenvalue weighted by Gasteiger charge is 2.31. The monoisotopic (exact) mass is 345 g/mol. The van der Waals surface area contributed by atoms with Crippen molar-refractivity contribution in [2.45, 2.75) is 46.1 Å². The molecule has 23 heavy (non-hydrogen) atoms. The van der Waals surface area contributed by atoms with Crippen LogP contribution in [0.5, 0.6) is 0 Å². The number of rotatable bonds is 6. The first-order chi connectivity index (χ1) is 10.6. The summed E-state index contributed by atoms with van der Waals surface area (Å²) in [5.41, 5.74) is -0.966. The highest BCUT2D eigenvalue weighted by atomic mass is 35.5. The zero-order valence-electron chi connectivity index (χ0n) is 14.1. The number of halogens is 2. The van der Waals surface area contributed by atoms with Crippen molar-refractivity contribution in [2.24, 2.45) is 5.41 Å². The van der Waals surface area contributed by atoms with Gasteiger partial charge in [0.1, 0.15) is 11.4 Å². The average Bonchev–Trinajstić information content (AvgIpc) is 2.45. The Labute approximate surface area is 142 Å². The van der Waals surface area contributed by atoms with Gasteiger partial charge in [-0.15, -0.1) is 0 Å². The van der Waals surface area contributed by atoms with Gasteiger partial charge in [-0.25, -0.2) is 9.18 Å². The second-order valence-corrected chi connectivity index (χ2v) is 7.15. The number of nitrogens with one attached hydrogen (secondary N) is 1. The number of alkyl carbamates (subject to hydrolysis) is 1. The molecule has 1 rings (SSSR count). The van der Waals surface area contributed by atoms with Crippen LogP contribution in [-0.4, -0.2) is 30.0 Å². The largest absolute Gasteiger partial charge is 0.444 e. The molecule has 1 aromatic carbocycles. The van der Waals surface area contributed by atoms with Gasteiger partial charge in [0.2, 0.25) is 0 Å². The van der Waals surface area contributed by atoms with Gasteiger partial charge in [-0.1, -0.05) is 24.6 Å². The van der Waals surface area contributed by atoms with E-state index in [0.29, 0.717) is 17.0 Å². The lowest BCUT2D eigenvalue weighted by Crippen LogP contribution is -2.43. The fourth-order valence-corrected chi connectivity index (χ4v) is 2.42. The molecule has 0 spiro atoms. The third-order valence-corrected chi connectivity index (χ3v) is 4.06. The van der Waals surface area contributed by atoms with E-state index in [1.165, 1.54) is 12.1 Å². The zero-order valence-corrected chi connectivity index (χ0v) is 14.8. The van der Waals surface area contributed by atoms with Crippen LogP contribution in [0.3, 0.4) is 0 Å². The maximum Gasteiger partial charge on any atom is 0.407 e. The molecule has 0 saturated heterocycles. The minimum absolute atomic E-state index is 0.166. The second-order valence-electron chi connectivity index (χ2n) is 6.74. The third-order valence-electron chi connectivity index (χ3n) is 3.71. The number of hydrogen-bond donors (Lipinski definition) is 2. The van der Waals surface area contributed by atoms with Crippen molar-refractivity contribution in [3.63, 3.8) is 0 Å². The summed E-state index contributed by atoms with van der Waals surface area (Å²) in [7, 11) is 0. The Morgan fingerprint density at radius 3 is 2.52 bits per heavy atom. The lowest BCUT2D eigenvalue weighted by atomic mass is 9.79. The number of hydrogen-bond acceptors (Lipinski definition) is 3.